The van der Waals surface area contributed by atoms with Crippen molar-refractivity contribution in [3.8, 4) is 0 Å². The maximum Gasteiger partial charge on any atom is 0.287 e. The Morgan fingerprint density at radius 3 is 2.71 bits per heavy atom. The summed E-state index contributed by atoms with van der Waals surface area (Å²) < 4.78 is 25.4. The number of rotatable bonds is 4. The number of aliphatic hydroxyl groups excluding tert-OH is 1. The van der Waals surface area contributed by atoms with E-state index in [0.717, 1.165) is 5.56 Å². The minimum atomic E-state index is -3.31. The monoisotopic (exact) mass is 244 g/mol. The number of aliphatic hydroxyl groups is 1. The quantitative estimate of drug-likeness (QED) is 0.690. The van der Waals surface area contributed by atoms with Gasteiger partial charge in [-0.3, -0.25) is 4.79 Å². The summed E-state index contributed by atoms with van der Waals surface area (Å²) in [6, 6.07) is 4.55. The molecule has 0 unspecified atom stereocenters. The van der Waals surface area contributed by atoms with Crippen molar-refractivity contribution in [2.45, 2.75) is 12.8 Å². The first kappa shape index (κ1) is 13.4. The number of nitrogen functional groups attached to an aromatic ring is 1. The second-order valence-corrected chi connectivity index (χ2v) is 3.77. The van der Waals surface area contributed by atoms with E-state index in [4.69, 9.17) is 10.8 Å². The Morgan fingerprint density at radius 1 is 1.53 bits per heavy atom. The van der Waals surface area contributed by atoms with Crippen LogP contribution < -0.4 is 11.1 Å². The normalized spacial score (nSPS) is 11.3. The molecule has 4 N–H and O–H groups in total. The summed E-state index contributed by atoms with van der Waals surface area (Å²) in [6.45, 7) is -0.434. The number of nitrogens with one attached hydrogen (secondary N) is 1. The number of nitrogens with two attached hydrogens (primary N) is 1. The largest absolute Gasteiger partial charge is 0.398 e. The molecular weight excluding hydrogens is 230 g/mol. The van der Waals surface area contributed by atoms with Crippen LogP contribution in [0.4, 0.5) is 14.5 Å². The lowest BCUT2D eigenvalue weighted by molar-refractivity contribution is -0.0462. The van der Waals surface area contributed by atoms with Gasteiger partial charge >= 0.3 is 0 Å². The molecule has 0 aliphatic rings. The van der Waals surface area contributed by atoms with E-state index in [0.29, 0.717) is 5.69 Å². The van der Waals surface area contributed by atoms with Crippen molar-refractivity contribution in [2.75, 3.05) is 18.9 Å². The summed E-state index contributed by atoms with van der Waals surface area (Å²) in [4.78, 5) is 11.5. The van der Waals surface area contributed by atoms with Crippen LogP contribution in [0.5, 0.6) is 0 Å². The van der Waals surface area contributed by atoms with Crippen LogP contribution in [0.3, 0.4) is 0 Å². The summed E-state index contributed by atoms with van der Waals surface area (Å²) >= 11 is 0. The molecule has 0 spiro atoms. The maximum absolute atomic E-state index is 12.7. The van der Waals surface area contributed by atoms with E-state index in [-0.39, 0.29) is 5.56 Å². The predicted molar refractivity (Wildman–Crippen MR) is 60.0 cm³/mol. The Bertz CT molecular complexity index is 422. The standard InChI is InChI=1S/C11H14F2N2O2/c1-7-2-3-8(4-9(7)14)10(17)15-5-11(12,13)6-16/h2-4,16H,5-6,14H2,1H3,(H,15,17). The van der Waals surface area contributed by atoms with Crippen molar-refractivity contribution in [1.82, 2.24) is 5.32 Å². The Balaban J connectivity index is 2.68. The van der Waals surface area contributed by atoms with Crippen molar-refractivity contribution >= 4 is 11.6 Å². The van der Waals surface area contributed by atoms with Crippen LogP contribution in [-0.4, -0.2) is 30.1 Å². The van der Waals surface area contributed by atoms with E-state index < -0.39 is 25.0 Å². The number of benzene rings is 1. The van der Waals surface area contributed by atoms with Crippen LogP contribution in [0.15, 0.2) is 18.2 Å². The first-order valence-electron chi connectivity index (χ1n) is 4.99. The second-order valence-electron chi connectivity index (χ2n) is 3.77. The molecule has 0 aromatic heterocycles. The molecule has 0 saturated carbocycles. The topological polar surface area (TPSA) is 75.3 Å². The predicted octanol–water partition coefficient (Wildman–Crippen LogP) is 0.935. The molecule has 0 saturated heterocycles. The molecule has 4 nitrogen and oxygen atoms in total. The zero-order valence-corrected chi connectivity index (χ0v) is 9.34. The van der Waals surface area contributed by atoms with Gasteiger partial charge in [0.25, 0.3) is 11.8 Å². The van der Waals surface area contributed by atoms with Crippen LogP contribution in [-0.2, 0) is 0 Å². The SMILES string of the molecule is Cc1ccc(C(=O)NCC(F)(F)CO)cc1N. The molecule has 0 fully saturated rings. The summed E-state index contributed by atoms with van der Waals surface area (Å²) in [6.07, 6.45) is 0. The molecule has 1 aromatic carbocycles. The number of carbonyl (C=O) groups is 1. The molecule has 0 radical (unpaired) electrons. The van der Waals surface area contributed by atoms with Crippen LogP contribution >= 0.6 is 0 Å². The number of amides is 1. The van der Waals surface area contributed by atoms with Gasteiger partial charge in [0.2, 0.25) is 0 Å². The van der Waals surface area contributed by atoms with Crippen LogP contribution in [0.1, 0.15) is 15.9 Å². The highest BCUT2D eigenvalue weighted by atomic mass is 19.3. The fourth-order valence-corrected chi connectivity index (χ4v) is 1.15. The third kappa shape index (κ3) is 3.67. The smallest absolute Gasteiger partial charge is 0.287 e. The third-order valence-corrected chi connectivity index (χ3v) is 2.28. The number of hydrogen-bond acceptors (Lipinski definition) is 3. The highest BCUT2D eigenvalue weighted by Crippen LogP contribution is 2.14. The number of halogens is 2. The highest BCUT2D eigenvalue weighted by molar-refractivity contribution is 5.95. The van der Waals surface area contributed by atoms with Gasteiger partial charge in [-0.2, -0.15) is 0 Å². The molecule has 1 aromatic rings. The first-order valence-corrected chi connectivity index (χ1v) is 4.99. The van der Waals surface area contributed by atoms with E-state index in [1.165, 1.54) is 12.1 Å². The average molecular weight is 244 g/mol. The van der Waals surface area contributed by atoms with Gasteiger partial charge in [0, 0.05) is 11.3 Å². The van der Waals surface area contributed by atoms with Gasteiger partial charge in [-0.05, 0) is 24.6 Å². The number of carbonyl (C=O) groups excluding carboxylic acids is 1. The van der Waals surface area contributed by atoms with Gasteiger partial charge in [-0.25, -0.2) is 8.78 Å². The van der Waals surface area contributed by atoms with E-state index in [9.17, 15) is 13.6 Å². The van der Waals surface area contributed by atoms with Gasteiger partial charge < -0.3 is 16.2 Å². The highest BCUT2D eigenvalue weighted by Gasteiger charge is 2.28. The first-order chi connectivity index (χ1) is 7.85. The number of hydrogen-bond donors (Lipinski definition) is 3. The lowest BCUT2D eigenvalue weighted by atomic mass is 10.1. The second kappa shape index (κ2) is 5.09. The molecule has 17 heavy (non-hydrogen) atoms. The van der Waals surface area contributed by atoms with Crippen LogP contribution in [0.25, 0.3) is 0 Å². The van der Waals surface area contributed by atoms with Crippen molar-refractivity contribution in [3.05, 3.63) is 29.3 Å². The van der Waals surface area contributed by atoms with Crippen LogP contribution in [0, 0.1) is 6.92 Å². The summed E-state index contributed by atoms with van der Waals surface area (Å²) in [5.41, 5.74) is 7.04. The molecule has 1 amide bonds. The molecular formula is C11H14F2N2O2. The lowest BCUT2D eigenvalue weighted by Crippen LogP contribution is -2.39. The minimum Gasteiger partial charge on any atom is -0.398 e. The minimum absolute atomic E-state index is 0.210. The maximum atomic E-state index is 12.7. The Morgan fingerprint density at radius 2 is 2.18 bits per heavy atom. The Labute approximate surface area is 97.4 Å². The third-order valence-electron chi connectivity index (χ3n) is 2.28. The van der Waals surface area contributed by atoms with E-state index in [1.807, 2.05) is 5.32 Å². The number of aryl methyl sites for hydroxylation is 1. The summed E-state index contributed by atoms with van der Waals surface area (Å²) in [7, 11) is 0. The molecule has 0 aliphatic heterocycles. The van der Waals surface area contributed by atoms with Gasteiger partial charge in [0.1, 0.15) is 6.61 Å². The van der Waals surface area contributed by atoms with Crippen molar-refractivity contribution < 1.29 is 18.7 Å². The molecule has 0 aliphatic carbocycles. The molecule has 0 atom stereocenters. The van der Waals surface area contributed by atoms with Gasteiger partial charge in [-0.1, -0.05) is 6.07 Å². The molecule has 94 valence electrons. The zero-order valence-electron chi connectivity index (χ0n) is 9.34. The summed E-state index contributed by atoms with van der Waals surface area (Å²) in [5, 5.41) is 10.4. The van der Waals surface area contributed by atoms with Gasteiger partial charge in [0.15, 0.2) is 0 Å². The fourth-order valence-electron chi connectivity index (χ4n) is 1.15. The lowest BCUT2D eigenvalue weighted by Gasteiger charge is -2.14. The van der Waals surface area contributed by atoms with Crippen LogP contribution in [0.2, 0.25) is 0 Å². The molecule has 0 heterocycles. The van der Waals surface area contributed by atoms with Gasteiger partial charge in [-0.15, -0.1) is 0 Å². The Hall–Kier alpha value is -1.69. The fraction of sp³-hybridized carbons (Fsp3) is 0.364. The van der Waals surface area contributed by atoms with Crippen molar-refractivity contribution in [3.63, 3.8) is 0 Å². The molecule has 6 heteroatoms. The average Bonchev–Trinajstić information content (AvgIpc) is 2.30. The summed E-state index contributed by atoms with van der Waals surface area (Å²) in [5.74, 6) is -3.96. The van der Waals surface area contributed by atoms with E-state index in [2.05, 4.69) is 0 Å². The van der Waals surface area contributed by atoms with Crippen molar-refractivity contribution in [2.24, 2.45) is 0 Å². The number of anilines is 1. The molecule has 0 bridgehead atoms. The number of alkyl halides is 2. The van der Waals surface area contributed by atoms with E-state index in [1.54, 1.807) is 13.0 Å². The molecule has 1 rings (SSSR count). The van der Waals surface area contributed by atoms with Crippen molar-refractivity contribution in [1.29, 1.82) is 0 Å². The Kier molecular flexibility index (Phi) is 4.01. The van der Waals surface area contributed by atoms with E-state index >= 15 is 0 Å². The van der Waals surface area contributed by atoms with Gasteiger partial charge in [0.05, 0.1) is 6.54 Å². The zero-order chi connectivity index (χ0) is 13.1.